The molecule has 0 aromatic rings. The lowest BCUT2D eigenvalue weighted by Crippen LogP contribution is -2.45. The first kappa shape index (κ1) is 11.8. The van der Waals surface area contributed by atoms with E-state index in [0.29, 0.717) is 26.4 Å². The van der Waals surface area contributed by atoms with Gasteiger partial charge in [-0.3, -0.25) is 4.57 Å². The topological polar surface area (TPSA) is 54.0 Å². The summed E-state index contributed by atoms with van der Waals surface area (Å²) in [6.07, 6.45) is 3.87. The van der Waals surface area contributed by atoms with Crippen molar-refractivity contribution in [2.24, 2.45) is 5.41 Å². The second-order valence-corrected chi connectivity index (χ2v) is 8.98. The molecule has 0 saturated carbocycles. The average molecular weight is 254 g/mol. The molecule has 15 heavy (non-hydrogen) atoms. The molecule has 0 aliphatic carbocycles. The molecule has 0 unspecified atom stereocenters. The van der Waals surface area contributed by atoms with Crippen LogP contribution in [0.4, 0.5) is 0 Å². The summed E-state index contributed by atoms with van der Waals surface area (Å²) in [5, 5.41) is 0. The van der Waals surface area contributed by atoms with Crippen LogP contribution in [-0.2, 0) is 22.7 Å². The quantitative estimate of drug-likeness (QED) is 0.617. The number of hydrogen-bond donors (Lipinski definition) is 0. The molecule has 2 rings (SSSR count). The molecule has 0 N–H and O–H groups in total. The molecule has 0 aromatic carbocycles. The van der Waals surface area contributed by atoms with Crippen LogP contribution in [-0.4, -0.2) is 46.1 Å². The molecular weight excluding hydrogens is 238 g/mol. The van der Waals surface area contributed by atoms with Crippen LogP contribution in [0.15, 0.2) is 0 Å². The van der Waals surface area contributed by atoms with Gasteiger partial charge >= 0.3 is 7.60 Å². The molecule has 88 valence electrons. The maximum atomic E-state index is 11.5. The third kappa shape index (κ3) is 2.73. The molecule has 0 aromatic heterocycles. The van der Waals surface area contributed by atoms with Gasteiger partial charge in [-0.05, 0) is 0 Å². The van der Waals surface area contributed by atoms with Crippen molar-refractivity contribution < 1.29 is 22.7 Å². The van der Waals surface area contributed by atoms with E-state index in [-0.39, 0.29) is 5.41 Å². The van der Waals surface area contributed by atoms with Crippen LogP contribution in [0.3, 0.4) is 0 Å². The van der Waals surface area contributed by atoms with Crippen LogP contribution in [0.5, 0.6) is 0 Å². The minimum absolute atomic E-state index is 0.304. The fourth-order valence-electron chi connectivity index (χ4n) is 1.38. The molecule has 0 atom stereocenters. The van der Waals surface area contributed by atoms with Gasteiger partial charge in [-0.25, -0.2) is 0 Å². The molecule has 7 heteroatoms. The van der Waals surface area contributed by atoms with Gasteiger partial charge in [0, 0.05) is 13.3 Å². The van der Waals surface area contributed by atoms with Crippen molar-refractivity contribution in [3.05, 3.63) is 0 Å². The average Bonchev–Trinajstić information content (AvgIpc) is 2.15. The Morgan fingerprint density at radius 1 is 1.00 bits per heavy atom. The summed E-state index contributed by atoms with van der Waals surface area (Å²) in [6, 6.07) is 0. The summed E-state index contributed by atoms with van der Waals surface area (Å²) >= 11 is 0. The minimum atomic E-state index is -2.83. The lowest BCUT2D eigenvalue weighted by molar-refractivity contribution is -0.0603. The molecule has 0 bridgehead atoms. The normalized spacial score (nSPS) is 51.9. The Morgan fingerprint density at radius 3 is 1.87 bits per heavy atom. The molecule has 5 nitrogen and oxygen atoms in total. The lowest BCUT2D eigenvalue weighted by atomic mass is 9.93. The van der Waals surface area contributed by atoms with E-state index in [9.17, 15) is 4.57 Å². The molecule has 2 heterocycles. The monoisotopic (exact) mass is 254 g/mol. The Bertz CT molecular complexity index is 291. The van der Waals surface area contributed by atoms with Crippen molar-refractivity contribution in [3.8, 4) is 0 Å². The van der Waals surface area contributed by atoms with Gasteiger partial charge in [0.05, 0.1) is 31.8 Å². The van der Waals surface area contributed by atoms with Crippen molar-refractivity contribution in [2.75, 3.05) is 39.8 Å². The van der Waals surface area contributed by atoms with E-state index >= 15 is 0 Å². The van der Waals surface area contributed by atoms with Crippen LogP contribution >= 0.6 is 14.9 Å². The zero-order chi connectivity index (χ0) is 11.2. The van der Waals surface area contributed by atoms with Gasteiger partial charge in [0.25, 0.3) is 0 Å². The number of hydrogen-bond acceptors (Lipinski definition) is 5. The first-order valence-corrected chi connectivity index (χ1v) is 8.94. The predicted molar refractivity (Wildman–Crippen MR) is 59.7 cm³/mol. The second-order valence-electron chi connectivity index (χ2n) is 4.38. The largest absolute Gasteiger partial charge is 0.337 e. The Kier molecular flexibility index (Phi) is 2.92. The van der Waals surface area contributed by atoms with Crippen molar-refractivity contribution >= 4 is 21.2 Å². The van der Waals surface area contributed by atoms with E-state index in [1.807, 2.05) is 6.66 Å². The van der Waals surface area contributed by atoms with Crippen molar-refractivity contribution in [1.29, 1.82) is 0 Å². The van der Waals surface area contributed by atoms with E-state index in [0.717, 1.165) is 0 Å². The third-order valence-corrected chi connectivity index (χ3v) is 5.04. The van der Waals surface area contributed by atoms with Crippen molar-refractivity contribution in [3.63, 3.8) is 0 Å². The van der Waals surface area contributed by atoms with Gasteiger partial charge in [-0.2, -0.15) is 0 Å². The molecule has 0 radical (unpaired) electrons. The lowest BCUT2D eigenvalue weighted by Gasteiger charge is -2.43. The predicted octanol–water partition coefficient (Wildman–Crippen LogP) is 1.80. The highest BCUT2D eigenvalue weighted by Crippen LogP contribution is 2.55. The maximum Gasteiger partial charge on any atom is 0.327 e. The van der Waals surface area contributed by atoms with Crippen LogP contribution in [0, 0.1) is 5.41 Å². The molecule has 2 fully saturated rings. The van der Waals surface area contributed by atoms with Gasteiger partial charge in [-0.1, -0.05) is 6.30 Å². The molecule has 2 aliphatic rings. The Morgan fingerprint density at radius 2 is 1.40 bits per heavy atom. The first-order valence-electron chi connectivity index (χ1n) is 4.69. The van der Waals surface area contributed by atoms with Crippen LogP contribution in [0.25, 0.3) is 0 Å². The molecule has 0 amide bonds. The Hall–Kier alpha value is 0.370. The van der Waals surface area contributed by atoms with Gasteiger partial charge < -0.3 is 18.1 Å². The zero-order valence-electron chi connectivity index (χ0n) is 8.97. The highest BCUT2D eigenvalue weighted by molar-refractivity contribution is 7.63. The standard InChI is InChI=1S/C8H16O5P2/c1-14(2)10-4-8(5-11-14)6-12-15(3,9)13-7-8/h1,4-7H2,2-3H3. The van der Waals surface area contributed by atoms with Gasteiger partial charge in [-0.15, -0.1) is 0 Å². The fraction of sp³-hybridized carbons (Fsp3) is 0.875. The smallest absolute Gasteiger partial charge is 0.327 e. The Balaban J connectivity index is 2.01. The summed E-state index contributed by atoms with van der Waals surface area (Å²) in [5.74, 6) is 0. The van der Waals surface area contributed by atoms with Gasteiger partial charge in [0.1, 0.15) is 7.34 Å². The van der Waals surface area contributed by atoms with Crippen molar-refractivity contribution in [1.82, 2.24) is 0 Å². The third-order valence-electron chi connectivity index (χ3n) is 2.50. The van der Waals surface area contributed by atoms with Gasteiger partial charge in [0.2, 0.25) is 0 Å². The fourth-order valence-corrected chi connectivity index (χ4v) is 3.64. The van der Waals surface area contributed by atoms with E-state index in [4.69, 9.17) is 18.1 Å². The number of rotatable bonds is 0. The second kappa shape index (κ2) is 3.69. The minimum Gasteiger partial charge on any atom is -0.337 e. The highest BCUT2D eigenvalue weighted by Gasteiger charge is 2.44. The molecule has 1 spiro atoms. The van der Waals surface area contributed by atoms with Crippen LogP contribution < -0.4 is 0 Å². The van der Waals surface area contributed by atoms with Crippen LogP contribution in [0.1, 0.15) is 0 Å². The summed E-state index contributed by atoms with van der Waals surface area (Å²) in [5.41, 5.74) is -0.304. The molecular formula is C8H16O5P2. The zero-order valence-corrected chi connectivity index (χ0v) is 10.8. The summed E-state index contributed by atoms with van der Waals surface area (Å²) in [7, 11) is -4.72. The first-order chi connectivity index (χ1) is 6.83. The van der Waals surface area contributed by atoms with Crippen LogP contribution in [0.2, 0.25) is 0 Å². The van der Waals surface area contributed by atoms with Gasteiger partial charge in [0.15, 0.2) is 0 Å². The summed E-state index contributed by atoms with van der Waals surface area (Å²) in [4.78, 5) is 0. The molecule has 2 aliphatic heterocycles. The van der Waals surface area contributed by atoms with E-state index < -0.39 is 14.9 Å². The SMILES string of the molecule is C=P1(C)OCC2(CO1)COP(C)(=O)OC2. The summed E-state index contributed by atoms with van der Waals surface area (Å²) < 4.78 is 32.9. The van der Waals surface area contributed by atoms with Crippen molar-refractivity contribution in [2.45, 2.75) is 0 Å². The van der Waals surface area contributed by atoms with E-state index in [2.05, 4.69) is 6.30 Å². The van der Waals surface area contributed by atoms with E-state index in [1.165, 1.54) is 6.66 Å². The summed E-state index contributed by atoms with van der Waals surface area (Å²) in [6.45, 7) is 5.07. The maximum absolute atomic E-state index is 11.5. The molecule has 2 saturated heterocycles. The highest BCUT2D eigenvalue weighted by atomic mass is 31.2. The van der Waals surface area contributed by atoms with E-state index in [1.54, 1.807) is 0 Å². The Labute approximate surface area is 89.7 Å².